The molecule has 106 valence electrons. The second-order valence-electron chi connectivity index (χ2n) is 4.45. The van der Waals surface area contributed by atoms with Crippen LogP contribution in [0, 0.1) is 11.6 Å². The number of rotatable bonds is 6. The summed E-state index contributed by atoms with van der Waals surface area (Å²) >= 11 is 0. The molecule has 0 fully saturated rings. The van der Waals surface area contributed by atoms with Crippen molar-refractivity contribution < 1.29 is 13.5 Å². The minimum absolute atomic E-state index is 0.157. The lowest BCUT2D eigenvalue weighted by molar-refractivity contribution is 0.317. The first kappa shape index (κ1) is 14.3. The fraction of sp³-hybridized carbons (Fsp3) is 0.250. The summed E-state index contributed by atoms with van der Waals surface area (Å²) < 4.78 is 32.1. The average Bonchev–Trinajstić information content (AvgIpc) is 2.47. The topological polar surface area (TPSA) is 21.3 Å². The summed E-state index contributed by atoms with van der Waals surface area (Å²) in [4.78, 5) is 0. The average molecular weight is 277 g/mol. The van der Waals surface area contributed by atoms with Gasteiger partial charge in [-0.25, -0.2) is 8.78 Å². The van der Waals surface area contributed by atoms with E-state index in [4.69, 9.17) is 4.74 Å². The van der Waals surface area contributed by atoms with Gasteiger partial charge in [-0.15, -0.1) is 0 Å². The highest BCUT2D eigenvalue weighted by Gasteiger charge is 2.07. The molecule has 0 aliphatic rings. The molecule has 0 spiro atoms. The third-order valence-electron chi connectivity index (χ3n) is 2.81. The van der Waals surface area contributed by atoms with Gasteiger partial charge < -0.3 is 10.1 Å². The Morgan fingerprint density at radius 3 is 2.70 bits per heavy atom. The molecule has 0 aliphatic heterocycles. The van der Waals surface area contributed by atoms with Crippen molar-refractivity contribution in [1.82, 2.24) is 0 Å². The van der Waals surface area contributed by atoms with Crippen LogP contribution in [-0.2, 0) is 6.54 Å². The summed E-state index contributed by atoms with van der Waals surface area (Å²) in [7, 11) is 0. The van der Waals surface area contributed by atoms with Crippen LogP contribution >= 0.6 is 0 Å². The van der Waals surface area contributed by atoms with E-state index in [1.165, 1.54) is 12.1 Å². The van der Waals surface area contributed by atoms with Crippen molar-refractivity contribution in [3.05, 3.63) is 59.7 Å². The smallest absolute Gasteiger partial charge is 0.181 e. The Hall–Kier alpha value is -2.10. The molecule has 0 bridgehead atoms. The number of halogens is 2. The molecule has 0 aromatic heterocycles. The van der Waals surface area contributed by atoms with Gasteiger partial charge in [-0.3, -0.25) is 0 Å². The zero-order chi connectivity index (χ0) is 14.4. The van der Waals surface area contributed by atoms with Crippen molar-refractivity contribution >= 4 is 5.69 Å². The van der Waals surface area contributed by atoms with E-state index in [9.17, 15) is 8.78 Å². The van der Waals surface area contributed by atoms with Gasteiger partial charge in [0.05, 0.1) is 12.3 Å². The summed E-state index contributed by atoms with van der Waals surface area (Å²) in [6.45, 7) is 3.11. The lowest BCUT2D eigenvalue weighted by atomic mass is 10.2. The zero-order valence-corrected chi connectivity index (χ0v) is 11.3. The SMILES string of the molecule is CCCOc1cccc(CNc2cccc(F)c2F)c1. The Balaban J connectivity index is 2.01. The van der Waals surface area contributed by atoms with Gasteiger partial charge in [0.25, 0.3) is 0 Å². The number of anilines is 1. The molecule has 1 N–H and O–H groups in total. The van der Waals surface area contributed by atoms with E-state index >= 15 is 0 Å². The van der Waals surface area contributed by atoms with Gasteiger partial charge in [0.15, 0.2) is 11.6 Å². The highest BCUT2D eigenvalue weighted by Crippen LogP contribution is 2.19. The molecule has 2 rings (SSSR count). The van der Waals surface area contributed by atoms with E-state index in [0.717, 1.165) is 23.8 Å². The molecule has 2 nitrogen and oxygen atoms in total. The second-order valence-corrected chi connectivity index (χ2v) is 4.45. The predicted octanol–water partition coefficient (Wildman–Crippen LogP) is 4.37. The van der Waals surface area contributed by atoms with Crippen LogP contribution in [0.3, 0.4) is 0 Å². The fourth-order valence-electron chi connectivity index (χ4n) is 1.80. The van der Waals surface area contributed by atoms with E-state index in [-0.39, 0.29) is 5.69 Å². The molecule has 0 radical (unpaired) electrons. The van der Waals surface area contributed by atoms with Crippen LogP contribution in [0.15, 0.2) is 42.5 Å². The minimum atomic E-state index is -0.856. The maximum absolute atomic E-state index is 13.5. The maximum Gasteiger partial charge on any atom is 0.181 e. The number of hydrogen-bond acceptors (Lipinski definition) is 2. The highest BCUT2D eigenvalue weighted by atomic mass is 19.2. The Kier molecular flexibility index (Phi) is 4.93. The molecule has 0 unspecified atom stereocenters. The first-order valence-electron chi connectivity index (χ1n) is 6.60. The number of hydrogen-bond donors (Lipinski definition) is 1. The molecule has 2 aromatic carbocycles. The van der Waals surface area contributed by atoms with E-state index < -0.39 is 11.6 Å². The Bertz CT molecular complexity index is 572. The Morgan fingerprint density at radius 2 is 1.90 bits per heavy atom. The van der Waals surface area contributed by atoms with Gasteiger partial charge in [0, 0.05) is 6.54 Å². The highest BCUT2D eigenvalue weighted by molar-refractivity contribution is 5.45. The minimum Gasteiger partial charge on any atom is -0.494 e. The van der Waals surface area contributed by atoms with Gasteiger partial charge >= 0.3 is 0 Å². The van der Waals surface area contributed by atoms with E-state index in [1.54, 1.807) is 0 Å². The monoisotopic (exact) mass is 277 g/mol. The Labute approximate surface area is 117 Å². The Morgan fingerprint density at radius 1 is 1.10 bits per heavy atom. The van der Waals surface area contributed by atoms with Crippen molar-refractivity contribution in [2.24, 2.45) is 0 Å². The number of ether oxygens (including phenoxy) is 1. The van der Waals surface area contributed by atoms with Crippen LogP contribution < -0.4 is 10.1 Å². The van der Waals surface area contributed by atoms with Crippen LogP contribution in [-0.4, -0.2) is 6.61 Å². The fourth-order valence-corrected chi connectivity index (χ4v) is 1.80. The summed E-state index contributed by atoms with van der Waals surface area (Å²) in [6, 6.07) is 11.6. The van der Waals surface area contributed by atoms with Crippen LogP contribution in [0.2, 0.25) is 0 Å². The molecule has 0 saturated carbocycles. The van der Waals surface area contributed by atoms with Crippen molar-refractivity contribution in [2.75, 3.05) is 11.9 Å². The first-order valence-corrected chi connectivity index (χ1v) is 6.60. The summed E-state index contributed by atoms with van der Waals surface area (Å²) in [5.74, 6) is -0.924. The third kappa shape index (κ3) is 3.70. The van der Waals surface area contributed by atoms with Gasteiger partial charge in [-0.1, -0.05) is 25.1 Å². The van der Waals surface area contributed by atoms with E-state index in [0.29, 0.717) is 13.2 Å². The largest absolute Gasteiger partial charge is 0.494 e. The summed E-state index contributed by atoms with van der Waals surface area (Å²) in [6.07, 6.45) is 0.941. The quantitative estimate of drug-likeness (QED) is 0.846. The van der Waals surface area contributed by atoms with Crippen molar-refractivity contribution in [1.29, 1.82) is 0 Å². The van der Waals surface area contributed by atoms with Crippen molar-refractivity contribution in [2.45, 2.75) is 19.9 Å². The number of nitrogens with one attached hydrogen (secondary N) is 1. The van der Waals surface area contributed by atoms with Gasteiger partial charge in [0.1, 0.15) is 5.75 Å². The lowest BCUT2D eigenvalue weighted by Gasteiger charge is -2.10. The zero-order valence-electron chi connectivity index (χ0n) is 11.3. The first-order chi connectivity index (χ1) is 9.70. The van der Waals surface area contributed by atoms with Crippen LogP contribution in [0.4, 0.5) is 14.5 Å². The normalized spacial score (nSPS) is 10.3. The standard InChI is InChI=1S/C16H17F2NO/c1-2-9-20-13-6-3-5-12(10-13)11-19-15-8-4-7-14(17)16(15)18/h3-8,10,19H,2,9,11H2,1H3. The molecular weight excluding hydrogens is 260 g/mol. The van der Waals surface area contributed by atoms with Crippen molar-refractivity contribution in [3.8, 4) is 5.75 Å². The van der Waals surface area contributed by atoms with Crippen LogP contribution in [0.5, 0.6) is 5.75 Å². The molecule has 0 amide bonds. The molecule has 2 aromatic rings. The molecule has 0 atom stereocenters. The second kappa shape index (κ2) is 6.89. The maximum atomic E-state index is 13.5. The molecule has 0 aliphatic carbocycles. The van der Waals surface area contributed by atoms with E-state index in [1.807, 2.05) is 31.2 Å². The molecule has 0 heterocycles. The van der Waals surface area contributed by atoms with Gasteiger partial charge in [0.2, 0.25) is 0 Å². The molecule has 4 heteroatoms. The molecule has 20 heavy (non-hydrogen) atoms. The summed E-state index contributed by atoms with van der Waals surface area (Å²) in [5, 5.41) is 2.88. The number of benzene rings is 2. The summed E-state index contributed by atoms with van der Waals surface area (Å²) in [5.41, 5.74) is 1.10. The predicted molar refractivity (Wildman–Crippen MR) is 75.9 cm³/mol. The molecular formula is C16H17F2NO. The van der Waals surface area contributed by atoms with Gasteiger partial charge in [-0.2, -0.15) is 0 Å². The van der Waals surface area contributed by atoms with Crippen LogP contribution in [0.1, 0.15) is 18.9 Å². The van der Waals surface area contributed by atoms with Gasteiger partial charge in [-0.05, 0) is 36.2 Å². The molecule has 0 saturated heterocycles. The van der Waals surface area contributed by atoms with E-state index in [2.05, 4.69) is 5.32 Å². The third-order valence-corrected chi connectivity index (χ3v) is 2.81. The van der Waals surface area contributed by atoms with Crippen LogP contribution in [0.25, 0.3) is 0 Å². The van der Waals surface area contributed by atoms with Crippen molar-refractivity contribution in [3.63, 3.8) is 0 Å². The lowest BCUT2D eigenvalue weighted by Crippen LogP contribution is -2.03.